The number of hydrogen-bond acceptors (Lipinski definition) is 3. The molecule has 0 bridgehead atoms. The van der Waals surface area contributed by atoms with Crippen LogP contribution in [0.5, 0.6) is 5.75 Å². The molecule has 2 rings (SSSR count). The van der Waals surface area contributed by atoms with Gasteiger partial charge in [-0.3, -0.25) is 0 Å². The molecule has 1 N–H and O–H groups in total. The van der Waals surface area contributed by atoms with Crippen LogP contribution in [0.25, 0.3) is 0 Å². The molecular weight excluding hydrogens is 323 g/mol. The molecule has 0 unspecified atom stereocenters. The van der Waals surface area contributed by atoms with Gasteiger partial charge in [0.2, 0.25) is 0 Å². The number of nitriles is 1. The molecule has 0 aliphatic heterocycles. The molecule has 5 heteroatoms. The lowest BCUT2D eigenvalue weighted by atomic mass is 10.1. The molecule has 0 spiro atoms. The van der Waals surface area contributed by atoms with Crippen LogP contribution in [0.2, 0.25) is 0 Å². The average Bonchev–Trinajstić information content (AvgIpc) is 2.47. The van der Waals surface area contributed by atoms with Gasteiger partial charge in [-0.2, -0.15) is 5.26 Å². The highest BCUT2D eigenvalue weighted by molar-refractivity contribution is 9.10. The molecule has 0 saturated heterocycles. The van der Waals surface area contributed by atoms with Gasteiger partial charge in [-0.25, -0.2) is 4.39 Å². The molecule has 2 aromatic carbocycles. The Bertz CT molecular complexity index is 667. The standard InChI is InChI=1S/C15H12BrFN2O/c1-20-14-4-2-3-10(8-18)15(14)19-9-11-7-12(16)5-6-13(11)17/h2-7,19H,9H2,1H3. The lowest BCUT2D eigenvalue weighted by molar-refractivity contribution is 0.416. The number of nitrogens with zero attached hydrogens (tertiary/aromatic N) is 1. The average molecular weight is 335 g/mol. The summed E-state index contributed by atoms with van der Waals surface area (Å²) in [4.78, 5) is 0. The molecule has 0 fully saturated rings. The maximum atomic E-state index is 13.7. The summed E-state index contributed by atoms with van der Waals surface area (Å²) in [6.45, 7) is 0.264. The largest absolute Gasteiger partial charge is 0.495 e. The topological polar surface area (TPSA) is 45.0 Å². The van der Waals surface area contributed by atoms with E-state index in [-0.39, 0.29) is 12.4 Å². The van der Waals surface area contributed by atoms with E-state index < -0.39 is 0 Å². The molecule has 2 aromatic rings. The van der Waals surface area contributed by atoms with Gasteiger partial charge in [0.15, 0.2) is 0 Å². The van der Waals surface area contributed by atoms with E-state index >= 15 is 0 Å². The van der Waals surface area contributed by atoms with Gasteiger partial charge in [0.25, 0.3) is 0 Å². The number of nitrogens with one attached hydrogen (secondary N) is 1. The summed E-state index contributed by atoms with van der Waals surface area (Å²) < 4.78 is 19.7. The van der Waals surface area contributed by atoms with Gasteiger partial charge in [0.1, 0.15) is 17.6 Å². The highest BCUT2D eigenvalue weighted by Crippen LogP contribution is 2.28. The Kier molecular flexibility index (Phi) is 4.59. The van der Waals surface area contributed by atoms with Crippen molar-refractivity contribution in [3.8, 4) is 11.8 Å². The second-order valence-electron chi connectivity index (χ2n) is 4.08. The number of halogens is 2. The third-order valence-electron chi connectivity index (χ3n) is 2.83. The fourth-order valence-corrected chi connectivity index (χ4v) is 2.25. The fraction of sp³-hybridized carbons (Fsp3) is 0.133. The SMILES string of the molecule is COc1cccc(C#N)c1NCc1cc(Br)ccc1F. The quantitative estimate of drug-likeness (QED) is 0.916. The number of rotatable bonds is 4. The van der Waals surface area contributed by atoms with Crippen molar-refractivity contribution in [1.82, 2.24) is 0 Å². The van der Waals surface area contributed by atoms with E-state index in [9.17, 15) is 4.39 Å². The summed E-state index contributed by atoms with van der Waals surface area (Å²) in [5.74, 6) is 0.258. The summed E-state index contributed by atoms with van der Waals surface area (Å²) >= 11 is 3.31. The summed E-state index contributed by atoms with van der Waals surface area (Å²) in [5.41, 5.74) is 1.53. The lowest BCUT2D eigenvalue weighted by Gasteiger charge is -2.13. The number of methoxy groups -OCH3 is 1. The molecular formula is C15H12BrFN2O. The van der Waals surface area contributed by atoms with E-state index in [1.54, 1.807) is 30.3 Å². The van der Waals surface area contributed by atoms with E-state index in [0.29, 0.717) is 22.6 Å². The van der Waals surface area contributed by atoms with Crippen molar-refractivity contribution in [2.24, 2.45) is 0 Å². The minimum atomic E-state index is -0.297. The van der Waals surface area contributed by atoms with Crippen molar-refractivity contribution in [2.45, 2.75) is 6.54 Å². The third kappa shape index (κ3) is 3.09. The van der Waals surface area contributed by atoms with E-state index in [1.807, 2.05) is 0 Å². The molecule has 0 atom stereocenters. The normalized spacial score (nSPS) is 9.90. The highest BCUT2D eigenvalue weighted by Gasteiger charge is 2.10. The van der Waals surface area contributed by atoms with Gasteiger partial charge in [0.05, 0.1) is 18.4 Å². The van der Waals surface area contributed by atoms with Crippen molar-refractivity contribution in [1.29, 1.82) is 5.26 Å². The Morgan fingerprint density at radius 2 is 2.15 bits per heavy atom. The second kappa shape index (κ2) is 6.40. The molecule has 0 amide bonds. The Hall–Kier alpha value is -2.06. The van der Waals surface area contributed by atoms with Crippen molar-refractivity contribution in [3.05, 3.63) is 57.8 Å². The van der Waals surface area contributed by atoms with Crippen LogP contribution in [0.15, 0.2) is 40.9 Å². The summed E-state index contributed by atoms with van der Waals surface area (Å²) in [5, 5.41) is 12.2. The summed E-state index contributed by atoms with van der Waals surface area (Å²) in [6.07, 6.45) is 0. The van der Waals surface area contributed by atoms with Crippen LogP contribution in [0.1, 0.15) is 11.1 Å². The maximum absolute atomic E-state index is 13.7. The van der Waals surface area contributed by atoms with Crippen LogP contribution in [0, 0.1) is 17.1 Å². The van der Waals surface area contributed by atoms with Gasteiger partial charge in [-0.15, -0.1) is 0 Å². The monoisotopic (exact) mass is 334 g/mol. The predicted molar refractivity (Wildman–Crippen MR) is 79.1 cm³/mol. The highest BCUT2D eigenvalue weighted by atomic mass is 79.9. The number of ether oxygens (including phenoxy) is 1. The zero-order valence-corrected chi connectivity index (χ0v) is 12.4. The van der Waals surface area contributed by atoms with Gasteiger partial charge in [-0.05, 0) is 30.3 Å². The first kappa shape index (κ1) is 14.4. The zero-order chi connectivity index (χ0) is 14.5. The molecule has 0 radical (unpaired) electrons. The first-order valence-corrected chi connectivity index (χ1v) is 6.70. The lowest BCUT2D eigenvalue weighted by Crippen LogP contribution is -2.05. The first-order chi connectivity index (χ1) is 9.65. The molecule has 0 aliphatic carbocycles. The van der Waals surface area contributed by atoms with Gasteiger partial charge >= 0.3 is 0 Å². The van der Waals surface area contributed by atoms with Crippen LogP contribution < -0.4 is 10.1 Å². The first-order valence-electron chi connectivity index (χ1n) is 5.90. The molecule has 102 valence electrons. The Balaban J connectivity index is 2.27. The van der Waals surface area contributed by atoms with E-state index in [4.69, 9.17) is 10.00 Å². The Morgan fingerprint density at radius 1 is 1.35 bits per heavy atom. The Labute approximate surface area is 125 Å². The van der Waals surface area contributed by atoms with Crippen molar-refractivity contribution in [3.63, 3.8) is 0 Å². The predicted octanol–water partition coefficient (Wildman–Crippen LogP) is 4.08. The molecule has 0 aliphatic rings. The van der Waals surface area contributed by atoms with Crippen molar-refractivity contribution < 1.29 is 9.13 Å². The van der Waals surface area contributed by atoms with Gasteiger partial charge < -0.3 is 10.1 Å². The number of para-hydroxylation sites is 1. The number of benzene rings is 2. The van der Waals surface area contributed by atoms with Crippen LogP contribution in [-0.4, -0.2) is 7.11 Å². The minimum absolute atomic E-state index is 0.264. The number of anilines is 1. The maximum Gasteiger partial charge on any atom is 0.143 e. The molecule has 0 saturated carbocycles. The fourth-order valence-electron chi connectivity index (χ4n) is 1.84. The second-order valence-corrected chi connectivity index (χ2v) is 5.00. The third-order valence-corrected chi connectivity index (χ3v) is 3.32. The van der Waals surface area contributed by atoms with Gasteiger partial charge in [0, 0.05) is 16.6 Å². The molecule has 3 nitrogen and oxygen atoms in total. The minimum Gasteiger partial charge on any atom is -0.495 e. The van der Waals surface area contributed by atoms with Crippen LogP contribution in [-0.2, 0) is 6.54 Å². The van der Waals surface area contributed by atoms with E-state index in [0.717, 1.165) is 4.47 Å². The van der Waals surface area contributed by atoms with Gasteiger partial charge in [-0.1, -0.05) is 22.0 Å². The Morgan fingerprint density at radius 3 is 2.85 bits per heavy atom. The number of hydrogen-bond donors (Lipinski definition) is 1. The van der Waals surface area contributed by atoms with E-state index in [1.165, 1.54) is 13.2 Å². The zero-order valence-electron chi connectivity index (χ0n) is 10.8. The smallest absolute Gasteiger partial charge is 0.143 e. The summed E-state index contributed by atoms with van der Waals surface area (Å²) in [6, 6.07) is 12.0. The van der Waals surface area contributed by atoms with Crippen LogP contribution in [0.4, 0.5) is 10.1 Å². The summed E-state index contributed by atoms with van der Waals surface area (Å²) in [7, 11) is 1.53. The van der Waals surface area contributed by atoms with Crippen molar-refractivity contribution in [2.75, 3.05) is 12.4 Å². The van der Waals surface area contributed by atoms with Crippen LogP contribution in [0.3, 0.4) is 0 Å². The molecule has 20 heavy (non-hydrogen) atoms. The van der Waals surface area contributed by atoms with E-state index in [2.05, 4.69) is 27.3 Å². The van der Waals surface area contributed by atoms with Crippen molar-refractivity contribution >= 4 is 21.6 Å². The molecule has 0 heterocycles. The van der Waals surface area contributed by atoms with Crippen LogP contribution >= 0.6 is 15.9 Å². The molecule has 0 aromatic heterocycles.